The second-order valence-electron chi connectivity index (χ2n) is 7.22. The molecule has 1 unspecified atom stereocenters. The summed E-state index contributed by atoms with van der Waals surface area (Å²) in [6.45, 7) is 8.35. The lowest BCUT2D eigenvalue weighted by Crippen LogP contribution is -2.45. The Labute approximate surface area is 133 Å². The molecule has 0 heterocycles. The van der Waals surface area contributed by atoms with Gasteiger partial charge in [-0.05, 0) is 36.8 Å². The first-order valence-electron chi connectivity index (χ1n) is 8.41. The second-order valence-corrected chi connectivity index (χ2v) is 7.22. The van der Waals surface area contributed by atoms with Crippen molar-refractivity contribution in [1.82, 2.24) is 0 Å². The first-order valence-corrected chi connectivity index (χ1v) is 8.41. The maximum atomic E-state index is 15.0. The summed E-state index contributed by atoms with van der Waals surface area (Å²) in [6.07, 6.45) is 4.49. The van der Waals surface area contributed by atoms with E-state index in [2.05, 4.69) is 27.7 Å². The number of aliphatic hydroxyl groups is 1. The second kappa shape index (κ2) is 6.19. The zero-order valence-electron chi connectivity index (χ0n) is 14.5. The molecule has 1 aromatic carbocycles. The lowest BCUT2D eigenvalue weighted by Gasteiger charge is -2.44. The first-order chi connectivity index (χ1) is 10.3. The minimum Gasteiger partial charge on any atom is -0.494 e. The summed E-state index contributed by atoms with van der Waals surface area (Å²) in [6, 6.07) is 3.58. The van der Waals surface area contributed by atoms with Crippen molar-refractivity contribution in [3.63, 3.8) is 0 Å². The number of halogens is 1. The average molecular weight is 308 g/mol. The highest BCUT2D eigenvalue weighted by atomic mass is 19.1. The van der Waals surface area contributed by atoms with Crippen molar-refractivity contribution < 1.29 is 14.2 Å². The van der Waals surface area contributed by atoms with Crippen LogP contribution in [0.2, 0.25) is 0 Å². The molecule has 0 radical (unpaired) electrons. The van der Waals surface area contributed by atoms with Crippen LogP contribution in [0.25, 0.3) is 0 Å². The fraction of sp³-hybridized carbons (Fsp3) is 0.684. The van der Waals surface area contributed by atoms with E-state index in [0.717, 1.165) is 31.2 Å². The van der Waals surface area contributed by atoms with Gasteiger partial charge in [0.25, 0.3) is 0 Å². The minimum absolute atomic E-state index is 0.0698. The van der Waals surface area contributed by atoms with Crippen LogP contribution in [0.1, 0.15) is 64.5 Å². The van der Waals surface area contributed by atoms with Gasteiger partial charge in [0.05, 0.1) is 7.11 Å². The number of methoxy groups -OCH3 is 1. The Morgan fingerprint density at radius 1 is 1.23 bits per heavy atom. The SMILES string of the molecule is CCCC(CCC)C1(O)c2c(ccc(OC)c2F)CC1(C)C. The number of fused-ring (bicyclic) bond motifs is 1. The van der Waals surface area contributed by atoms with E-state index in [1.54, 1.807) is 6.07 Å². The maximum Gasteiger partial charge on any atom is 0.171 e. The molecule has 2 nitrogen and oxygen atoms in total. The Morgan fingerprint density at radius 3 is 2.32 bits per heavy atom. The molecule has 124 valence electrons. The van der Waals surface area contributed by atoms with Crippen molar-refractivity contribution in [2.24, 2.45) is 11.3 Å². The Hall–Kier alpha value is -1.09. The molecule has 1 N–H and O–H groups in total. The third-order valence-corrected chi connectivity index (χ3v) is 5.32. The third-order valence-electron chi connectivity index (χ3n) is 5.32. The lowest BCUT2D eigenvalue weighted by molar-refractivity contribution is -0.115. The highest BCUT2D eigenvalue weighted by molar-refractivity contribution is 5.47. The summed E-state index contributed by atoms with van der Waals surface area (Å²) in [4.78, 5) is 0. The molecule has 0 bridgehead atoms. The van der Waals surface area contributed by atoms with Crippen LogP contribution in [0.4, 0.5) is 4.39 Å². The summed E-state index contributed by atoms with van der Waals surface area (Å²) < 4.78 is 20.1. The van der Waals surface area contributed by atoms with Crippen molar-refractivity contribution in [2.45, 2.75) is 65.4 Å². The Kier molecular flexibility index (Phi) is 4.86. The highest BCUT2D eigenvalue weighted by Crippen LogP contribution is 2.57. The van der Waals surface area contributed by atoms with Gasteiger partial charge in [-0.15, -0.1) is 0 Å². The van der Waals surface area contributed by atoms with E-state index in [1.165, 1.54) is 7.11 Å². The zero-order valence-corrected chi connectivity index (χ0v) is 14.5. The molecular weight excluding hydrogens is 279 g/mol. The van der Waals surface area contributed by atoms with Gasteiger partial charge in [-0.3, -0.25) is 0 Å². The number of ether oxygens (including phenoxy) is 1. The topological polar surface area (TPSA) is 29.5 Å². The molecule has 0 aliphatic heterocycles. The van der Waals surface area contributed by atoms with Crippen LogP contribution in [0.3, 0.4) is 0 Å². The predicted molar refractivity (Wildman–Crippen MR) is 87.6 cm³/mol. The van der Waals surface area contributed by atoms with Crippen LogP contribution in [-0.2, 0) is 12.0 Å². The van der Waals surface area contributed by atoms with Crippen molar-refractivity contribution in [2.75, 3.05) is 7.11 Å². The maximum absolute atomic E-state index is 15.0. The molecule has 1 aliphatic carbocycles. The van der Waals surface area contributed by atoms with Crippen molar-refractivity contribution >= 4 is 0 Å². The third kappa shape index (κ3) is 2.44. The normalized spacial score (nSPS) is 22.9. The molecular formula is C19H29FO2. The summed E-state index contributed by atoms with van der Waals surface area (Å²) in [5.74, 6) is -0.0905. The van der Waals surface area contributed by atoms with Gasteiger partial charge in [0.1, 0.15) is 5.60 Å². The lowest BCUT2D eigenvalue weighted by atomic mass is 9.65. The van der Waals surface area contributed by atoms with Gasteiger partial charge in [0.15, 0.2) is 11.6 Å². The van der Waals surface area contributed by atoms with Crippen LogP contribution in [0.5, 0.6) is 5.75 Å². The van der Waals surface area contributed by atoms with Gasteiger partial charge in [0, 0.05) is 11.0 Å². The summed E-state index contributed by atoms with van der Waals surface area (Å²) in [5, 5.41) is 11.7. The molecule has 0 fully saturated rings. The molecule has 0 saturated carbocycles. The Balaban J connectivity index is 2.63. The number of hydrogen-bond donors (Lipinski definition) is 1. The standard InChI is InChI=1S/C19H29FO2/c1-6-8-14(9-7-2)19(21)16-13(12-18(19,3)4)10-11-15(22-5)17(16)20/h10-11,14,21H,6-9,12H2,1-5H3. The van der Waals surface area contributed by atoms with Crippen LogP contribution >= 0.6 is 0 Å². The number of rotatable bonds is 6. The molecule has 1 aliphatic rings. The van der Waals surface area contributed by atoms with Gasteiger partial charge < -0.3 is 9.84 Å². The predicted octanol–water partition coefficient (Wildman–Crippen LogP) is 4.82. The molecule has 1 atom stereocenters. The molecule has 1 aromatic rings. The van der Waals surface area contributed by atoms with Crippen molar-refractivity contribution in [1.29, 1.82) is 0 Å². The molecule has 0 saturated heterocycles. The number of benzene rings is 1. The summed E-state index contributed by atoms with van der Waals surface area (Å²) in [7, 11) is 1.47. The van der Waals surface area contributed by atoms with Crippen LogP contribution in [0, 0.1) is 17.2 Å². The van der Waals surface area contributed by atoms with E-state index in [0.29, 0.717) is 12.0 Å². The molecule has 2 rings (SSSR count). The van der Waals surface area contributed by atoms with Crippen LogP contribution in [0.15, 0.2) is 12.1 Å². The Morgan fingerprint density at radius 2 is 1.82 bits per heavy atom. The largest absolute Gasteiger partial charge is 0.494 e. The first kappa shape index (κ1) is 17.3. The average Bonchev–Trinajstić information content (AvgIpc) is 2.67. The minimum atomic E-state index is -1.13. The fourth-order valence-electron chi connectivity index (χ4n) is 4.28. The van der Waals surface area contributed by atoms with E-state index in [9.17, 15) is 9.50 Å². The quantitative estimate of drug-likeness (QED) is 0.816. The van der Waals surface area contributed by atoms with Crippen molar-refractivity contribution in [3.05, 3.63) is 29.1 Å². The molecule has 3 heteroatoms. The fourth-order valence-corrected chi connectivity index (χ4v) is 4.28. The highest BCUT2D eigenvalue weighted by Gasteiger charge is 2.56. The summed E-state index contributed by atoms with van der Waals surface area (Å²) >= 11 is 0. The Bertz CT molecular complexity index is 532. The van der Waals surface area contributed by atoms with Gasteiger partial charge in [0.2, 0.25) is 0 Å². The van der Waals surface area contributed by atoms with E-state index < -0.39 is 5.60 Å². The smallest absolute Gasteiger partial charge is 0.171 e. The zero-order chi connectivity index (χ0) is 16.5. The van der Waals surface area contributed by atoms with E-state index in [4.69, 9.17) is 4.74 Å². The van der Waals surface area contributed by atoms with Gasteiger partial charge in [-0.1, -0.05) is 46.6 Å². The van der Waals surface area contributed by atoms with E-state index >= 15 is 0 Å². The monoisotopic (exact) mass is 308 g/mol. The molecule has 0 aromatic heterocycles. The van der Waals surface area contributed by atoms with Crippen molar-refractivity contribution in [3.8, 4) is 5.75 Å². The summed E-state index contributed by atoms with van der Waals surface area (Å²) in [5.41, 5.74) is -0.114. The van der Waals surface area contributed by atoms with Gasteiger partial charge in [-0.25, -0.2) is 4.39 Å². The van der Waals surface area contributed by atoms with E-state index in [1.807, 2.05) is 6.07 Å². The van der Waals surface area contributed by atoms with E-state index in [-0.39, 0.29) is 22.9 Å². The van der Waals surface area contributed by atoms with Gasteiger partial charge >= 0.3 is 0 Å². The number of hydrogen-bond acceptors (Lipinski definition) is 2. The van der Waals surface area contributed by atoms with Crippen LogP contribution in [-0.4, -0.2) is 12.2 Å². The van der Waals surface area contributed by atoms with Crippen LogP contribution < -0.4 is 4.74 Å². The molecule has 0 amide bonds. The molecule has 22 heavy (non-hydrogen) atoms. The van der Waals surface area contributed by atoms with Gasteiger partial charge in [-0.2, -0.15) is 0 Å². The molecule has 0 spiro atoms.